The van der Waals surface area contributed by atoms with Gasteiger partial charge in [0.05, 0.1) is 11.8 Å². The maximum absolute atomic E-state index is 13.5. The molecule has 0 aromatic heterocycles. The van der Waals surface area contributed by atoms with Crippen LogP contribution in [0.15, 0.2) is 17.1 Å². The number of aliphatic hydroxyl groups is 1. The van der Waals surface area contributed by atoms with Crippen molar-refractivity contribution in [2.75, 3.05) is 39.3 Å². The minimum atomic E-state index is -3.56. The zero-order valence-corrected chi connectivity index (χ0v) is 29.7. The second-order valence-electron chi connectivity index (χ2n) is 13.0. The first-order valence-electron chi connectivity index (χ1n) is 16.8. The molecule has 0 spiro atoms. The lowest BCUT2D eigenvalue weighted by Gasteiger charge is -2.40. The quantitative estimate of drug-likeness (QED) is 0.104. The molecule has 248 valence electrons. The maximum atomic E-state index is 13.5. The van der Waals surface area contributed by atoms with E-state index in [-0.39, 0.29) is 35.7 Å². The number of nitrogens with zero attached hydrogens (tertiary/aromatic N) is 3. The zero-order valence-electron chi connectivity index (χ0n) is 28.1. The summed E-state index contributed by atoms with van der Waals surface area (Å²) in [7, 11) is -3.56. The summed E-state index contributed by atoms with van der Waals surface area (Å²) in [5, 5.41) is 10.9. The molecule has 0 bridgehead atoms. The van der Waals surface area contributed by atoms with E-state index >= 15 is 0 Å². The number of hydrogen-bond acceptors (Lipinski definition) is 6. The molecule has 0 aromatic carbocycles. The van der Waals surface area contributed by atoms with Crippen molar-refractivity contribution < 1.29 is 13.5 Å². The van der Waals surface area contributed by atoms with Crippen molar-refractivity contribution in [2.24, 2.45) is 28.7 Å². The first-order valence-corrected chi connectivity index (χ1v) is 18.8. The van der Waals surface area contributed by atoms with E-state index in [0.29, 0.717) is 5.92 Å². The van der Waals surface area contributed by atoms with Crippen LogP contribution in [0.25, 0.3) is 0 Å². The Hall–Kier alpha value is -0.510. The van der Waals surface area contributed by atoms with Gasteiger partial charge in [0.1, 0.15) is 6.23 Å². The van der Waals surface area contributed by atoms with Gasteiger partial charge in [-0.25, -0.2) is 13.1 Å². The second kappa shape index (κ2) is 21.3. The number of alkyl halides is 1. The molecule has 1 aliphatic heterocycles. The Bertz CT molecular complexity index is 861. The third-order valence-electron chi connectivity index (χ3n) is 9.17. The molecular weight excluding hydrogens is 568 g/mol. The lowest BCUT2D eigenvalue weighted by Crippen LogP contribution is -2.53. The van der Waals surface area contributed by atoms with Crippen LogP contribution in [0.4, 0.5) is 0 Å². The van der Waals surface area contributed by atoms with Crippen LogP contribution in [0.2, 0.25) is 0 Å². The van der Waals surface area contributed by atoms with E-state index < -0.39 is 21.5 Å². The molecule has 0 aromatic rings. The summed E-state index contributed by atoms with van der Waals surface area (Å²) in [6.45, 7) is 21.7. The standard InChI is InChI=1S/C33H65ClN4O3S/c1-9-12-13-18-35-24-32(26(4)15-10-2)42(40,41)36-30(8)27(5)23-28(6)33(39)38-21-19-37(20-22-38)25-31(11-3)17-14-16-29(7)34/h12-13,18,26-33,36,39H,9-11,14-17,19-25H2,1-8H3/b13-12-,35-18?. The first kappa shape index (κ1) is 39.5. The van der Waals surface area contributed by atoms with E-state index in [1.807, 2.05) is 26.0 Å². The largest absolute Gasteiger partial charge is 0.378 e. The summed E-state index contributed by atoms with van der Waals surface area (Å²) in [6, 6.07) is -0.227. The summed E-state index contributed by atoms with van der Waals surface area (Å²) in [5.41, 5.74) is 0. The van der Waals surface area contributed by atoms with E-state index in [2.05, 4.69) is 61.1 Å². The average molecular weight is 633 g/mol. The fourth-order valence-corrected chi connectivity index (χ4v) is 8.18. The Balaban J connectivity index is 2.64. The van der Waals surface area contributed by atoms with Crippen LogP contribution >= 0.6 is 11.6 Å². The van der Waals surface area contributed by atoms with Gasteiger partial charge in [-0.05, 0) is 75.7 Å². The first-order chi connectivity index (χ1) is 19.9. The van der Waals surface area contributed by atoms with E-state index in [1.165, 1.54) is 19.3 Å². The monoisotopic (exact) mass is 632 g/mol. The predicted molar refractivity (Wildman–Crippen MR) is 182 cm³/mol. The van der Waals surface area contributed by atoms with Gasteiger partial charge in [0, 0.05) is 50.4 Å². The molecular formula is C33H65ClN4O3S. The molecule has 1 heterocycles. The minimum absolute atomic E-state index is 0.0173. The zero-order chi connectivity index (χ0) is 31.7. The molecule has 0 radical (unpaired) electrons. The molecule has 0 saturated carbocycles. The van der Waals surface area contributed by atoms with Gasteiger partial charge in [-0.2, -0.15) is 0 Å². The van der Waals surface area contributed by atoms with Gasteiger partial charge in [0.2, 0.25) is 10.0 Å². The summed E-state index contributed by atoms with van der Waals surface area (Å²) >= 11 is 6.13. The number of piperazine rings is 1. The van der Waals surface area contributed by atoms with Gasteiger partial charge in [-0.1, -0.05) is 66.9 Å². The Labute approximate surface area is 265 Å². The molecule has 8 atom stereocenters. The Morgan fingerprint density at radius 3 is 2.19 bits per heavy atom. The molecule has 1 fully saturated rings. The molecule has 7 nitrogen and oxygen atoms in total. The van der Waals surface area contributed by atoms with Crippen LogP contribution in [0.3, 0.4) is 0 Å². The van der Waals surface area contributed by atoms with Crippen LogP contribution in [-0.2, 0) is 10.0 Å². The van der Waals surface area contributed by atoms with Crippen LogP contribution < -0.4 is 4.72 Å². The number of allylic oxidation sites excluding steroid dienone is 2. The van der Waals surface area contributed by atoms with Crippen LogP contribution in [0.5, 0.6) is 0 Å². The molecule has 2 N–H and O–H groups in total. The fourth-order valence-electron chi connectivity index (χ4n) is 6.07. The van der Waals surface area contributed by atoms with Crippen LogP contribution in [0, 0.1) is 23.7 Å². The maximum Gasteiger partial charge on any atom is 0.216 e. The summed E-state index contributed by atoms with van der Waals surface area (Å²) in [6.07, 6.45) is 13.2. The van der Waals surface area contributed by atoms with Crippen molar-refractivity contribution >= 4 is 27.8 Å². The van der Waals surface area contributed by atoms with Gasteiger partial charge in [0.15, 0.2) is 0 Å². The third-order valence-corrected chi connectivity index (χ3v) is 11.5. The molecule has 1 saturated heterocycles. The minimum Gasteiger partial charge on any atom is -0.378 e. The van der Waals surface area contributed by atoms with E-state index in [4.69, 9.17) is 11.6 Å². The number of rotatable bonds is 22. The predicted octanol–water partition coefficient (Wildman–Crippen LogP) is 6.56. The number of halogens is 1. The number of nitrogens with one attached hydrogen (secondary N) is 1. The third kappa shape index (κ3) is 15.0. The van der Waals surface area contributed by atoms with Crippen molar-refractivity contribution in [2.45, 2.75) is 130 Å². The van der Waals surface area contributed by atoms with Gasteiger partial charge in [-0.15, -0.1) is 11.6 Å². The fraction of sp³-hybridized carbons (Fsp3) is 0.909. The van der Waals surface area contributed by atoms with Crippen LogP contribution in [0.1, 0.15) is 107 Å². The van der Waals surface area contributed by atoms with Crippen molar-refractivity contribution in [3.8, 4) is 0 Å². The highest BCUT2D eigenvalue weighted by Gasteiger charge is 2.34. The molecule has 9 heteroatoms. The van der Waals surface area contributed by atoms with Crippen molar-refractivity contribution in [3.05, 3.63) is 12.2 Å². The van der Waals surface area contributed by atoms with Gasteiger partial charge >= 0.3 is 0 Å². The molecule has 0 amide bonds. The van der Waals surface area contributed by atoms with Crippen molar-refractivity contribution in [1.82, 2.24) is 14.5 Å². The van der Waals surface area contributed by atoms with E-state index in [0.717, 1.165) is 64.8 Å². The van der Waals surface area contributed by atoms with E-state index in [1.54, 1.807) is 6.21 Å². The molecule has 1 rings (SSSR count). The SMILES string of the molecule is CC/C=C\C=NCC(C(C)CCC)S(=O)(=O)NC(C)C(C)CC(C)C(O)N1CCN(CC(CC)CCCC(C)Cl)CC1. The van der Waals surface area contributed by atoms with Gasteiger partial charge in [0.25, 0.3) is 0 Å². The Morgan fingerprint density at radius 1 is 0.952 bits per heavy atom. The average Bonchev–Trinajstić information content (AvgIpc) is 2.93. The van der Waals surface area contributed by atoms with Crippen molar-refractivity contribution in [3.63, 3.8) is 0 Å². The molecule has 0 aliphatic carbocycles. The Kier molecular flexibility index (Phi) is 20.0. The highest BCUT2D eigenvalue weighted by Crippen LogP contribution is 2.25. The number of hydrogen-bond donors (Lipinski definition) is 2. The van der Waals surface area contributed by atoms with Crippen LogP contribution in [-0.4, -0.2) is 91.7 Å². The summed E-state index contributed by atoms with van der Waals surface area (Å²) in [4.78, 5) is 9.17. The van der Waals surface area contributed by atoms with Gasteiger partial charge in [-0.3, -0.25) is 9.89 Å². The highest BCUT2D eigenvalue weighted by atomic mass is 35.5. The van der Waals surface area contributed by atoms with E-state index in [9.17, 15) is 13.5 Å². The number of aliphatic imine (C=N–C) groups is 1. The Morgan fingerprint density at radius 2 is 1.62 bits per heavy atom. The normalized spacial score (nSPS) is 21.8. The topological polar surface area (TPSA) is 85.2 Å². The number of aliphatic hydroxyl groups excluding tert-OH is 1. The lowest BCUT2D eigenvalue weighted by molar-refractivity contribution is -0.0634. The summed E-state index contributed by atoms with van der Waals surface area (Å²) < 4.78 is 30.0. The highest BCUT2D eigenvalue weighted by molar-refractivity contribution is 7.90. The lowest BCUT2D eigenvalue weighted by atomic mass is 9.91. The molecule has 8 unspecified atom stereocenters. The molecule has 42 heavy (non-hydrogen) atoms. The van der Waals surface area contributed by atoms with Gasteiger partial charge < -0.3 is 10.0 Å². The van der Waals surface area contributed by atoms with Crippen molar-refractivity contribution in [1.29, 1.82) is 0 Å². The second-order valence-corrected chi connectivity index (χ2v) is 15.7. The summed E-state index contributed by atoms with van der Waals surface area (Å²) in [5.74, 6) is 0.855. The smallest absolute Gasteiger partial charge is 0.216 e. The number of sulfonamides is 1. The molecule has 1 aliphatic rings.